The van der Waals surface area contributed by atoms with E-state index in [0.29, 0.717) is 23.2 Å². The molecule has 9 heteroatoms. The lowest BCUT2D eigenvalue weighted by Crippen LogP contribution is -2.30. The van der Waals surface area contributed by atoms with Crippen molar-refractivity contribution in [2.24, 2.45) is 4.99 Å². The van der Waals surface area contributed by atoms with Crippen LogP contribution in [0.15, 0.2) is 63.0 Å². The van der Waals surface area contributed by atoms with Gasteiger partial charge in [-0.2, -0.15) is 0 Å². The number of furan rings is 1. The molecular formula is C19H21N3O4S2. The molecule has 0 saturated carbocycles. The Bertz CT molecular complexity index is 1010. The van der Waals surface area contributed by atoms with Crippen LogP contribution in [0.2, 0.25) is 0 Å². The van der Waals surface area contributed by atoms with Gasteiger partial charge in [0.2, 0.25) is 10.0 Å². The van der Waals surface area contributed by atoms with Gasteiger partial charge in [-0.15, -0.1) is 0 Å². The van der Waals surface area contributed by atoms with Crippen molar-refractivity contribution >= 4 is 44.6 Å². The fourth-order valence-corrected chi connectivity index (χ4v) is 4.53. The molecule has 1 atom stereocenters. The number of hydrogen-bond acceptors (Lipinski definition) is 6. The van der Waals surface area contributed by atoms with Crippen molar-refractivity contribution in [2.45, 2.75) is 17.1 Å². The summed E-state index contributed by atoms with van der Waals surface area (Å²) in [5.41, 5.74) is 0.479. The van der Waals surface area contributed by atoms with Gasteiger partial charge in [0.05, 0.1) is 16.8 Å². The molecule has 0 N–H and O–H groups in total. The molecule has 1 aliphatic rings. The number of carbonyl (C=O) groups excluding carboxylic acids is 1. The van der Waals surface area contributed by atoms with E-state index in [1.54, 1.807) is 41.5 Å². The third-order valence-corrected chi connectivity index (χ3v) is 6.88. The number of benzene rings is 1. The van der Waals surface area contributed by atoms with Gasteiger partial charge in [0.25, 0.3) is 5.91 Å². The van der Waals surface area contributed by atoms with E-state index in [9.17, 15) is 13.2 Å². The van der Waals surface area contributed by atoms with E-state index in [1.807, 2.05) is 6.92 Å². The first-order valence-electron chi connectivity index (χ1n) is 8.58. The summed E-state index contributed by atoms with van der Waals surface area (Å²) >= 11 is 1.48. The fraction of sp³-hybridized carbons (Fsp3) is 0.263. The molecule has 0 spiro atoms. The van der Waals surface area contributed by atoms with Crippen LogP contribution >= 0.6 is 11.8 Å². The van der Waals surface area contributed by atoms with Gasteiger partial charge in [0.15, 0.2) is 5.17 Å². The Balaban J connectivity index is 1.86. The van der Waals surface area contributed by atoms with Crippen LogP contribution in [0.4, 0.5) is 5.69 Å². The Labute approximate surface area is 168 Å². The Morgan fingerprint density at radius 2 is 2.11 bits per heavy atom. The predicted molar refractivity (Wildman–Crippen MR) is 111 cm³/mol. The van der Waals surface area contributed by atoms with Crippen molar-refractivity contribution < 1.29 is 17.6 Å². The second kappa shape index (κ2) is 8.34. The number of amides is 1. The van der Waals surface area contributed by atoms with Crippen LogP contribution in [-0.4, -0.2) is 54.6 Å². The standard InChI is InChI=1S/C19H21N3O4S2/c1-14-13-22(18(23)10-9-16-7-5-11-26-16)19(27-14)20-15-6-4-8-17(12-15)28(24,25)21(2)3/h4-12,14H,13H2,1-3H3/b10-9+,20-19?. The number of rotatable bonds is 5. The maximum Gasteiger partial charge on any atom is 0.252 e. The van der Waals surface area contributed by atoms with Crippen molar-refractivity contribution in [1.82, 2.24) is 9.21 Å². The SMILES string of the molecule is CC1CN(C(=O)/C=C/c2ccco2)C(=Nc2cccc(S(=O)(=O)N(C)C)c2)S1. The summed E-state index contributed by atoms with van der Waals surface area (Å²) in [5.74, 6) is 0.386. The Morgan fingerprint density at radius 3 is 2.79 bits per heavy atom. The van der Waals surface area contributed by atoms with Gasteiger partial charge >= 0.3 is 0 Å². The van der Waals surface area contributed by atoms with E-state index in [4.69, 9.17) is 4.42 Å². The highest BCUT2D eigenvalue weighted by Gasteiger charge is 2.29. The number of aliphatic imine (C=N–C) groups is 1. The Hall–Kier alpha value is -2.36. The van der Waals surface area contributed by atoms with E-state index in [1.165, 1.54) is 44.1 Å². The summed E-state index contributed by atoms with van der Waals surface area (Å²) in [4.78, 5) is 18.9. The first-order valence-corrected chi connectivity index (χ1v) is 10.9. The van der Waals surface area contributed by atoms with Crippen LogP contribution in [-0.2, 0) is 14.8 Å². The molecule has 1 fully saturated rings. The lowest BCUT2D eigenvalue weighted by atomic mass is 10.3. The van der Waals surface area contributed by atoms with Crippen LogP contribution < -0.4 is 0 Å². The van der Waals surface area contributed by atoms with Crippen molar-refractivity contribution in [2.75, 3.05) is 20.6 Å². The Kier molecular flexibility index (Phi) is 6.07. The monoisotopic (exact) mass is 419 g/mol. The van der Waals surface area contributed by atoms with Gasteiger partial charge in [-0.3, -0.25) is 9.69 Å². The van der Waals surface area contributed by atoms with E-state index in [0.717, 1.165) is 4.31 Å². The molecular weight excluding hydrogens is 398 g/mol. The van der Waals surface area contributed by atoms with Crippen LogP contribution in [0, 0.1) is 0 Å². The highest BCUT2D eigenvalue weighted by molar-refractivity contribution is 8.14. The molecule has 2 aromatic rings. The summed E-state index contributed by atoms with van der Waals surface area (Å²) < 4.78 is 31.0. The molecule has 1 aromatic heterocycles. The van der Waals surface area contributed by atoms with Crippen LogP contribution in [0.1, 0.15) is 12.7 Å². The van der Waals surface area contributed by atoms with Crippen LogP contribution in [0.25, 0.3) is 6.08 Å². The minimum atomic E-state index is -3.55. The zero-order chi connectivity index (χ0) is 20.3. The highest BCUT2D eigenvalue weighted by Crippen LogP contribution is 2.29. The normalized spacial score (nSPS) is 19.2. The van der Waals surface area contributed by atoms with Gasteiger partial charge in [-0.25, -0.2) is 17.7 Å². The quantitative estimate of drug-likeness (QED) is 0.695. The van der Waals surface area contributed by atoms with Gasteiger partial charge in [0.1, 0.15) is 5.76 Å². The maximum atomic E-state index is 12.6. The summed E-state index contributed by atoms with van der Waals surface area (Å²) in [6.45, 7) is 2.54. The van der Waals surface area contributed by atoms with E-state index >= 15 is 0 Å². The number of carbonyl (C=O) groups is 1. The molecule has 3 rings (SSSR count). The molecule has 0 aliphatic carbocycles. The largest absolute Gasteiger partial charge is 0.465 e. The summed E-state index contributed by atoms with van der Waals surface area (Å²) in [6, 6.07) is 9.90. The number of hydrogen-bond donors (Lipinski definition) is 0. The third-order valence-electron chi connectivity index (χ3n) is 4.00. The number of sulfonamides is 1. The lowest BCUT2D eigenvalue weighted by Gasteiger charge is -2.14. The summed E-state index contributed by atoms with van der Waals surface area (Å²) in [7, 11) is -0.592. The summed E-state index contributed by atoms with van der Waals surface area (Å²) in [5, 5.41) is 0.731. The van der Waals surface area contributed by atoms with E-state index < -0.39 is 10.0 Å². The number of thioether (sulfide) groups is 1. The van der Waals surface area contributed by atoms with Crippen LogP contribution in [0.5, 0.6) is 0 Å². The van der Waals surface area contributed by atoms with Crippen molar-refractivity contribution in [1.29, 1.82) is 0 Å². The van der Waals surface area contributed by atoms with Crippen molar-refractivity contribution in [3.05, 3.63) is 54.5 Å². The molecule has 0 bridgehead atoms. The summed E-state index contributed by atoms with van der Waals surface area (Å²) in [6.07, 6.45) is 4.59. The van der Waals surface area contributed by atoms with Crippen molar-refractivity contribution in [3.63, 3.8) is 0 Å². The zero-order valence-corrected chi connectivity index (χ0v) is 17.4. The second-order valence-electron chi connectivity index (χ2n) is 6.41. The average molecular weight is 420 g/mol. The van der Waals surface area contributed by atoms with E-state index in [-0.39, 0.29) is 16.1 Å². The fourth-order valence-electron chi connectivity index (χ4n) is 2.55. The molecule has 1 saturated heterocycles. The number of nitrogens with zero attached hydrogens (tertiary/aromatic N) is 3. The van der Waals surface area contributed by atoms with Gasteiger partial charge in [-0.1, -0.05) is 24.8 Å². The minimum Gasteiger partial charge on any atom is -0.465 e. The molecule has 1 unspecified atom stereocenters. The molecule has 1 aliphatic heterocycles. The lowest BCUT2D eigenvalue weighted by molar-refractivity contribution is -0.122. The van der Waals surface area contributed by atoms with Gasteiger partial charge in [0, 0.05) is 32.0 Å². The zero-order valence-electron chi connectivity index (χ0n) is 15.8. The molecule has 148 valence electrons. The topological polar surface area (TPSA) is 83.2 Å². The van der Waals surface area contributed by atoms with Crippen molar-refractivity contribution in [3.8, 4) is 0 Å². The predicted octanol–water partition coefficient (Wildman–Crippen LogP) is 3.19. The van der Waals surface area contributed by atoms with Crippen LogP contribution in [0.3, 0.4) is 0 Å². The minimum absolute atomic E-state index is 0.158. The smallest absolute Gasteiger partial charge is 0.252 e. The molecule has 1 aromatic carbocycles. The molecule has 7 nitrogen and oxygen atoms in total. The molecule has 1 amide bonds. The third kappa shape index (κ3) is 4.54. The molecule has 0 radical (unpaired) electrons. The first kappa shape index (κ1) is 20.4. The van der Waals surface area contributed by atoms with Gasteiger partial charge in [-0.05, 0) is 36.4 Å². The van der Waals surface area contributed by atoms with Gasteiger partial charge < -0.3 is 4.42 Å². The molecule has 28 heavy (non-hydrogen) atoms. The maximum absolute atomic E-state index is 12.6. The van der Waals surface area contributed by atoms with E-state index in [2.05, 4.69) is 4.99 Å². The average Bonchev–Trinajstić information content (AvgIpc) is 3.29. The second-order valence-corrected chi connectivity index (χ2v) is 9.96. The highest BCUT2D eigenvalue weighted by atomic mass is 32.2. The number of amidine groups is 1. The first-order chi connectivity index (χ1) is 13.3. The molecule has 2 heterocycles. The Morgan fingerprint density at radius 1 is 1.32 bits per heavy atom.